The third kappa shape index (κ3) is 4.07. The zero-order valence-corrected chi connectivity index (χ0v) is 16.5. The van der Waals surface area contributed by atoms with Gasteiger partial charge in [-0.2, -0.15) is 0 Å². The summed E-state index contributed by atoms with van der Waals surface area (Å²) in [6, 6.07) is 14.3. The van der Waals surface area contributed by atoms with Crippen molar-refractivity contribution in [3.63, 3.8) is 0 Å². The van der Waals surface area contributed by atoms with Crippen molar-refractivity contribution in [1.29, 1.82) is 0 Å². The van der Waals surface area contributed by atoms with Crippen molar-refractivity contribution >= 4 is 26.9 Å². The lowest BCUT2D eigenvalue weighted by molar-refractivity contribution is 0.301. The number of fused-ring (bicyclic) bond motifs is 1. The van der Waals surface area contributed by atoms with Crippen molar-refractivity contribution in [2.24, 2.45) is 0 Å². The number of aromatic nitrogens is 3. The molecule has 4 aromatic rings. The van der Waals surface area contributed by atoms with E-state index in [0.717, 1.165) is 21.2 Å². The number of benzene rings is 2. The van der Waals surface area contributed by atoms with Gasteiger partial charge in [0, 0.05) is 15.9 Å². The van der Waals surface area contributed by atoms with Crippen LogP contribution in [0, 0.1) is 0 Å². The molecule has 142 valence electrons. The van der Waals surface area contributed by atoms with Crippen LogP contribution in [0.2, 0.25) is 0 Å². The SMILES string of the molecule is COc1ccc2oc(=O)cc(Cn3cc(COc4ccc(Br)cc4)nn3)c2c1. The van der Waals surface area contributed by atoms with E-state index in [4.69, 9.17) is 13.9 Å². The lowest BCUT2D eigenvalue weighted by Gasteiger charge is -2.07. The molecule has 2 aromatic heterocycles. The van der Waals surface area contributed by atoms with Crippen molar-refractivity contribution in [2.75, 3.05) is 7.11 Å². The first-order chi connectivity index (χ1) is 13.6. The fourth-order valence-corrected chi connectivity index (χ4v) is 3.07. The first-order valence-electron chi connectivity index (χ1n) is 8.49. The van der Waals surface area contributed by atoms with Gasteiger partial charge >= 0.3 is 5.63 Å². The predicted octanol–water partition coefficient (Wildman–Crippen LogP) is 3.78. The Bertz CT molecular complexity index is 1170. The van der Waals surface area contributed by atoms with Crippen LogP contribution >= 0.6 is 15.9 Å². The number of methoxy groups -OCH3 is 1. The third-order valence-corrected chi connectivity index (χ3v) is 4.68. The number of ether oxygens (including phenoxy) is 2. The average Bonchev–Trinajstić information content (AvgIpc) is 3.14. The van der Waals surface area contributed by atoms with E-state index < -0.39 is 5.63 Å². The molecule has 0 saturated carbocycles. The van der Waals surface area contributed by atoms with Gasteiger partial charge in [-0.05, 0) is 48.0 Å². The predicted molar refractivity (Wildman–Crippen MR) is 107 cm³/mol. The summed E-state index contributed by atoms with van der Waals surface area (Å²) in [5.41, 5.74) is 1.55. The van der Waals surface area contributed by atoms with Crippen LogP contribution in [0.15, 0.2) is 68.4 Å². The summed E-state index contributed by atoms with van der Waals surface area (Å²) < 4.78 is 18.9. The van der Waals surface area contributed by atoms with Gasteiger partial charge in [0.2, 0.25) is 0 Å². The third-order valence-electron chi connectivity index (χ3n) is 4.15. The number of rotatable bonds is 6. The minimum atomic E-state index is -0.411. The summed E-state index contributed by atoms with van der Waals surface area (Å²) in [5.74, 6) is 1.43. The summed E-state index contributed by atoms with van der Waals surface area (Å²) in [5, 5.41) is 9.06. The van der Waals surface area contributed by atoms with Crippen LogP contribution in [0.25, 0.3) is 11.0 Å². The van der Waals surface area contributed by atoms with Crippen molar-refractivity contribution in [3.05, 3.63) is 80.9 Å². The largest absolute Gasteiger partial charge is 0.497 e. The first-order valence-corrected chi connectivity index (χ1v) is 9.28. The lowest BCUT2D eigenvalue weighted by atomic mass is 10.1. The second-order valence-corrected chi connectivity index (χ2v) is 7.02. The summed E-state index contributed by atoms with van der Waals surface area (Å²) in [4.78, 5) is 11.9. The van der Waals surface area contributed by atoms with Gasteiger partial charge in [-0.25, -0.2) is 9.48 Å². The number of hydrogen-bond acceptors (Lipinski definition) is 6. The van der Waals surface area contributed by atoms with Gasteiger partial charge in [-0.3, -0.25) is 0 Å². The normalized spacial score (nSPS) is 10.9. The average molecular weight is 442 g/mol. The molecule has 0 aliphatic rings. The molecule has 0 radical (unpaired) electrons. The molecule has 0 atom stereocenters. The van der Waals surface area contributed by atoms with Crippen molar-refractivity contribution < 1.29 is 13.9 Å². The molecule has 28 heavy (non-hydrogen) atoms. The molecule has 0 unspecified atom stereocenters. The lowest BCUT2D eigenvalue weighted by Crippen LogP contribution is -2.06. The van der Waals surface area contributed by atoms with Gasteiger partial charge < -0.3 is 13.9 Å². The van der Waals surface area contributed by atoms with E-state index in [0.29, 0.717) is 30.2 Å². The minimum Gasteiger partial charge on any atom is -0.497 e. The maximum Gasteiger partial charge on any atom is 0.336 e. The molecule has 8 heteroatoms. The van der Waals surface area contributed by atoms with Gasteiger partial charge in [0.15, 0.2) is 0 Å². The molecule has 2 aromatic carbocycles. The molecular formula is C20H16BrN3O4. The maximum atomic E-state index is 11.9. The van der Waals surface area contributed by atoms with Gasteiger partial charge in [0.25, 0.3) is 0 Å². The quantitative estimate of drug-likeness (QED) is 0.423. The van der Waals surface area contributed by atoms with Crippen molar-refractivity contribution in [3.8, 4) is 11.5 Å². The van der Waals surface area contributed by atoms with Crippen LogP contribution in [-0.4, -0.2) is 22.1 Å². The minimum absolute atomic E-state index is 0.299. The number of nitrogens with zero attached hydrogens (tertiary/aromatic N) is 3. The van der Waals surface area contributed by atoms with Gasteiger partial charge in [-0.15, -0.1) is 5.10 Å². The fraction of sp³-hybridized carbons (Fsp3) is 0.150. The number of hydrogen-bond donors (Lipinski definition) is 0. The molecule has 0 amide bonds. The van der Waals surface area contributed by atoms with Gasteiger partial charge in [-0.1, -0.05) is 21.1 Å². The summed E-state index contributed by atoms with van der Waals surface area (Å²) in [6.07, 6.45) is 1.79. The second-order valence-electron chi connectivity index (χ2n) is 6.10. The number of halogens is 1. The van der Waals surface area contributed by atoms with E-state index >= 15 is 0 Å². The zero-order chi connectivity index (χ0) is 19.5. The molecule has 0 aliphatic heterocycles. The fourth-order valence-electron chi connectivity index (χ4n) is 2.81. The van der Waals surface area contributed by atoms with E-state index in [-0.39, 0.29) is 0 Å². The zero-order valence-electron chi connectivity index (χ0n) is 15.0. The topological polar surface area (TPSA) is 79.4 Å². The van der Waals surface area contributed by atoms with Crippen LogP contribution in [0.3, 0.4) is 0 Å². The van der Waals surface area contributed by atoms with Crippen LogP contribution in [0.4, 0.5) is 0 Å². The van der Waals surface area contributed by atoms with Crippen molar-refractivity contribution in [2.45, 2.75) is 13.2 Å². The highest BCUT2D eigenvalue weighted by molar-refractivity contribution is 9.10. The van der Waals surface area contributed by atoms with E-state index in [1.165, 1.54) is 6.07 Å². The van der Waals surface area contributed by atoms with Crippen LogP contribution < -0.4 is 15.1 Å². The molecule has 7 nitrogen and oxygen atoms in total. The molecule has 0 aliphatic carbocycles. The van der Waals surface area contributed by atoms with E-state index in [2.05, 4.69) is 26.2 Å². The highest BCUT2D eigenvalue weighted by Crippen LogP contribution is 2.23. The Morgan fingerprint density at radius 1 is 1.11 bits per heavy atom. The van der Waals surface area contributed by atoms with Gasteiger partial charge in [0.05, 0.1) is 19.9 Å². The Morgan fingerprint density at radius 3 is 2.68 bits per heavy atom. The molecule has 0 fully saturated rings. The Labute approximate surface area is 168 Å². The van der Waals surface area contributed by atoms with E-state index in [1.54, 1.807) is 30.1 Å². The Hall–Kier alpha value is -3.13. The Kier molecular flexibility index (Phi) is 5.12. The van der Waals surface area contributed by atoms with Crippen LogP contribution in [-0.2, 0) is 13.2 Å². The molecule has 0 saturated heterocycles. The molecule has 2 heterocycles. The summed E-state index contributed by atoms with van der Waals surface area (Å²) in [7, 11) is 1.59. The molecule has 4 rings (SSSR count). The molecule has 0 bridgehead atoms. The Balaban J connectivity index is 1.53. The van der Waals surface area contributed by atoms with Crippen LogP contribution in [0.1, 0.15) is 11.3 Å². The molecule has 0 N–H and O–H groups in total. The standard InChI is InChI=1S/C20H16BrN3O4/c1-26-17-6-7-19-18(9-17)13(8-20(25)28-19)10-24-11-15(22-23-24)12-27-16-4-2-14(21)3-5-16/h2-9,11H,10,12H2,1H3. The molecule has 0 spiro atoms. The van der Waals surface area contributed by atoms with Crippen LogP contribution in [0.5, 0.6) is 11.5 Å². The second kappa shape index (κ2) is 7.85. The molecular weight excluding hydrogens is 426 g/mol. The maximum absolute atomic E-state index is 11.9. The summed E-state index contributed by atoms with van der Waals surface area (Å²) in [6.45, 7) is 0.674. The van der Waals surface area contributed by atoms with E-state index in [9.17, 15) is 4.79 Å². The van der Waals surface area contributed by atoms with Crippen molar-refractivity contribution in [1.82, 2.24) is 15.0 Å². The van der Waals surface area contributed by atoms with Gasteiger partial charge in [0.1, 0.15) is 29.4 Å². The highest BCUT2D eigenvalue weighted by atomic mass is 79.9. The van der Waals surface area contributed by atoms with E-state index in [1.807, 2.05) is 30.3 Å². The first kappa shape index (κ1) is 18.2. The highest BCUT2D eigenvalue weighted by Gasteiger charge is 2.10. The Morgan fingerprint density at radius 2 is 1.89 bits per heavy atom. The smallest absolute Gasteiger partial charge is 0.336 e. The summed E-state index contributed by atoms with van der Waals surface area (Å²) >= 11 is 3.39. The monoisotopic (exact) mass is 441 g/mol.